The molecule has 0 aliphatic heterocycles. The summed E-state index contributed by atoms with van der Waals surface area (Å²) in [4.78, 5) is 11.1. The zero-order valence-electron chi connectivity index (χ0n) is 10.1. The highest BCUT2D eigenvalue weighted by molar-refractivity contribution is 7.99. The number of carbonyl (C=O) groups excluding carboxylic acids is 1. The van der Waals surface area contributed by atoms with Crippen molar-refractivity contribution >= 4 is 17.7 Å². The van der Waals surface area contributed by atoms with Crippen LogP contribution in [-0.4, -0.2) is 24.1 Å². The highest BCUT2D eigenvalue weighted by Crippen LogP contribution is 2.08. The summed E-state index contributed by atoms with van der Waals surface area (Å²) in [7, 11) is 0. The molecule has 15 heavy (non-hydrogen) atoms. The molecule has 0 aromatic heterocycles. The Bertz CT molecular complexity index is 149. The average molecular weight is 232 g/mol. The van der Waals surface area contributed by atoms with Crippen molar-refractivity contribution in [3.8, 4) is 0 Å². The normalized spacial score (nSPS) is 10.3. The minimum atomic E-state index is -0.0280. The molecule has 0 amide bonds. The van der Waals surface area contributed by atoms with Crippen LogP contribution in [0.25, 0.3) is 0 Å². The van der Waals surface area contributed by atoms with E-state index in [0.29, 0.717) is 13.0 Å². The molecule has 3 heteroatoms. The zero-order chi connectivity index (χ0) is 11.4. The van der Waals surface area contributed by atoms with Crippen LogP contribution in [-0.2, 0) is 9.53 Å². The number of esters is 1. The molecule has 0 fully saturated rings. The summed E-state index contributed by atoms with van der Waals surface area (Å²) in [5.74, 6) is 2.44. The van der Waals surface area contributed by atoms with Gasteiger partial charge in [-0.05, 0) is 30.8 Å². The maximum absolute atomic E-state index is 11.1. The number of carbonyl (C=O) groups is 1. The van der Waals surface area contributed by atoms with E-state index in [2.05, 4.69) is 6.92 Å². The lowest BCUT2D eigenvalue weighted by molar-refractivity contribution is -0.143. The van der Waals surface area contributed by atoms with Crippen LogP contribution in [0.5, 0.6) is 0 Å². The average Bonchev–Trinajstić information content (AvgIpc) is 2.25. The highest BCUT2D eigenvalue weighted by Gasteiger charge is 2.00. The van der Waals surface area contributed by atoms with Crippen molar-refractivity contribution in [3.05, 3.63) is 0 Å². The Morgan fingerprint density at radius 1 is 1.13 bits per heavy atom. The van der Waals surface area contributed by atoms with Crippen LogP contribution in [0.15, 0.2) is 0 Å². The van der Waals surface area contributed by atoms with Gasteiger partial charge in [-0.2, -0.15) is 11.8 Å². The van der Waals surface area contributed by atoms with Gasteiger partial charge in [-0.25, -0.2) is 0 Å². The van der Waals surface area contributed by atoms with E-state index < -0.39 is 0 Å². The van der Waals surface area contributed by atoms with Gasteiger partial charge in [-0.1, -0.05) is 26.7 Å². The van der Waals surface area contributed by atoms with Crippen LogP contribution in [0.2, 0.25) is 0 Å². The summed E-state index contributed by atoms with van der Waals surface area (Å²) in [6.07, 6.45) is 6.18. The number of hydrogen-bond acceptors (Lipinski definition) is 3. The summed E-state index contributed by atoms with van der Waals surface area (Å²) in [6.45, 7) is 4.78. The van der Waals surface area contributed by atoms with Crippen molar-refractivity contribution in [2.45, 2.75) is 52.4 Å². The molecule has 0 atom stereocenters. The van der Waals surface area contributed by atoms with Crippen LogP contribution < -0.4 is 0 Å². The molecule has 0 rings (SSSR count). The van der Waals surface area contributed by atoms with E-state index in [1.807, 2.05) is 18.7 Å². The van der Waals surface area contributed by atoms with E-state index in [1.54, 1.807) is 0 Å². The Morgan fingerprint density at radius 3 is 2.53 bits per heavy atom. The fourth-order valence-corrected chi connectivity index (χ4v) is 1.96. The summed E-state index contributed by atoms with van der Waals surface area (Å²) < 4.78 is 4.99. The van der Waals surface area contributed by atoms with E-state index in [-0.39, 0.29) is 5.97 Å². The maximum atomic E-state index is 11.1. The first-order valence-electron chi connectivity index (χ1n) is 6.04. The third-order valence-corrected chi connectivity index (χ3v) is 3.08. The molecule has 0 bridgehead atoms. The van der Waals surface area contributed by atoms with E-state index in [4.69, 9.17) is 4.74 Å². The van der Waals surface area contributed by atoms with Gasteiger partial charge in [-0.3, -0.25) is 4.79 Å². The summed E-state index contributed by atoms with van der Waals surface area (Å²) in [5.41, 5.74) is 0. The highest BCUT2D eigenvalue weighted by atomic mass is 32.2. The first-order valence-corrected chi connectivity index (χ1v) is 7.20. The molecular weight excluding hydrogens is 208 g/mol. The van der Waals surface area contributed by atoms with E-state index in [1.165, 1.54) is 24.3 Å². The molecule has 0 aliphatic rings. The summed E-state index contributed by atoms with van der Waals surface area (Å²) >= 11 is 1.99. The Balaban J connectivity index is 3.06. The fourth-order valence-electron chi connectivity index (χ4n) is 1.26. The molecule has 0 aromatic rings. The quantitative estimate of drug-likeness (QED) is 0.425. The smallest absolute Gasteiger partial charge is 0.305 e. The number of unbranched alkanes of at least 4 members (excludes halogenated alkanes) is 3. The van der Waals surface area contributed by atoms with Gasteiger partial charge in [0.05, 0.1) is 6.61 Å². The van der Waals surface area contributed by atoms with Gasteiger partial charge in [0.15, 0.2) is 0 Å². The van der Waals surface area contributed by atoms with Crippen molar-refractivity contribution < 1.29 is 9.53 Å². The van der Waals surface area contributed by atoms with Crippen molar-refractivity contribution in [1.29, 1.82) is 0 Å². The molecule has 0 saturated heterocycles. The first-order chi connectivity index (χ1) is 7.31. The summed E-state index contributed by atoms with van der Waals surface area (Å²) in [5, 5.41) is 0. The third kappa shape index (κ3) is 11.7. The number of ether oxygens (including phenoxy) is 1. The van der Waals surface area contributed by atoms with Gasteiger partial charge in [-0.15, -0.1) is 0 Å². The van der Waals surface area contributed by atoms with Crippen molar-refractivity contribution in [1.82, 2.24) is 0 Å². The molecular formula is C12H24O2S. The third-order valence-electron chi connectivity index (χ3n) is 2.09. The second-order valence-electron chi connectivity index (χ2n) is 3.58. The van der Waals surface area contributed by atoms with E-state index in [0.717, 1.165) is 19.3 Å². The Hall–Kier alpha value is -0.180. The first kappa shape index (κ1) is 14.8. The monoisotopic (exact) mass is 232 g/mol. The topological polar surface area (TPSA) is 26.3 Å². The Kier molecular flexibility index (Phi) is 11.7. The van der Waals surface area contributed by atoms with Crippen molar-refractivity contribution in [2.24, 2.45) is 0 Å². The molecule has 0 aromatic carbocycles. The fraction of sp³-hybridized carbons (Fsp3) is 0.917. The summed E-state index contributed by atoms with van der Waals surface area (Å²) in [6, 6.07) is 0. The van der Waals surface area contributed by atoms with Crippen LogP contribution >= 0.6 is 11.8 Å². The van der Waals surface area contributed by atoms with Gasteiger partial charge >= 0.3 is 5.97 Å². The van der Waals surface area contributed by atoms with E-state index in [9.17, 15) is 4.79 Å². The Labute approximate surface area is 98.2 Å². The standard InChI is InChI=1S/C12H24O2S/c1-3-10-14-12(13)9-7-5-6-8-11-15-4-2/h3-11H2,1-2H3. The predicted octanol–water partition coefficient (Wildman–Crippen LogP) is 3.64. The maximum Gasteiger partial charge on any atom is 0.305 e. The van der Waals surface area contributed by atoms with Gasteiger partial charge in [0.25, 0.3) is 0 Å². The lowest BCUT2D eigenvalue weighted by atomic mass is 10.1. The number of thioether (sulfide) groups is 1. The Morgan fingerprint density at radius 2 is 1.87 bits per heavy atom. The number of rotatable bonds is 10. The molecule has 0 N–H and O–H groups in total. The van der Waals surface area contributed by atoms with Crippen molar-refractivity contribution in [2.75, 3.05) is 18.1 Å². The SMILES string of the molecule is CCCOC(=O)CCCCCCSCC. The number of hydrogen-bond donors (Lipinski definition) is 0. The lowest BCUT2D eigenvalue weighted by Crippen LogP contribution is -2.04. The molecule has 90 valence electrons. The zero-order valence-corrected chi connectivity index (χ0v) is 10.9. The largest absolute Gasteiger partial charge is 0.466 e. The molecule has 0 unspecified atom stereocenters. The minimum Gasteiger partial charge on any atom is -0.466 e. The predicted molar refractivity (Wildman–Crippen MR) is 67.3 cm³/mol. The molecule has 0 radical (unpaired) electrons. The van der Waals surface area contributed by atoms with E-state index >= 15 is 0 Å². The van der Waals surface area contributed by atoms with Gasteiger partial charge in [0.2, 0.25) is 0 Å². The second kappa shape index (κ2) is 11.9. The van der Waals surface area contributed by atoms with Crippen molar-refractivity contribution in [3.63, 3.8) is 0 Å². The molecule has 0 saturated carbocycles. The van der Waals surface area contributed by atoms with Crippen LogP contribution in [0.1, 0.15) is 52.4 Å². The second-order valence-corrected chi connectivity index (χ2v) is 4.98. The van der Waals surface area contributed by atoms with Gasteiger partial charge in [0, 0.05) is 6.42 Å². The lowest BCUT2D eigenvalue weighted by Gasteiger charge is -2.03. The van der Waals surface area contributed by atoms with Gasteiger partial charge < -0.3 is 4.74 Å². The van der Waals surface area contributed by atoms with Crippen LogP contribution in [0, 0.1) is 0 Å². The molecule has 0 spiro atoms. The van der Waals surface area contributed by atoms with Crippen LogP contribution in [0.3, 0.4) is 0 Å². The molecule has 0 heterocycles. The minimum absolute atomic E-state index is 0.0280. The van der Waals surface area contributed by atoms with Gasteiger partial charge in [0.1, 0.15) is 0 Å². The van der Waals surface area contributed by atoms with Crippen LogP contribution in [0.4, 0.5) is 0 Å². The molecule has 2 nitrogen and oxygen atoms in total. The molecule has 0 aliphatic carbocycles.